The van der Waals surface area contributed by atoms with Gasteiger partial charge in [-0.15, -0.1) is 0 Å². The van der Waals surface area contributed by atoms with Gasteiger partial charge in [-0.3, -0.25) is 0 Å². The molecule has 0 heterocycles. The van der Waals surface area contributed by atoms with Gasteiger partial charge in [-0.25, -0.2) is 0 Å². The molecule has 6 heteroatoms. The van der Waals surface area contributed by atoms with E-state index >= 15 is 0 Å². The number of rotatable bonds is 5. The summed E-state index contributed by atoms with van der Waals surface area (Å²) in [5.74, 6) is 1.10. The molecule has 0 aliphatic rings. The van der Waals surface area contributed by atoms with Crippen molar-refractivity contribution < 1.29 is 17.9 Å². The van der Waals surface area contributed by atoms with Gasteiger partial charge in [-0.1, -0.05) is 17.7 Å². The summed E-state index contributed by atoms with van der Waals surface area (Å²) in [6.07, 6.45) is 0. The standard InChI is InChI=1S/C17H19NO4S/c1-12-5-8-15(9-6-12)23(19,20)18-13(2)14-7-10-16(21-3)17(11-14)22-4/h5-11H,1-4H3/b18-13+. The van der Waals surface area contributed by atoms with Crippen molar-refractivity contribution in [3.8, 4) is 11.5 Å². The summed E-state index contributed by atoms with van der Waals surface area (Å²) in [4.78, 5) is 0.169. The minimum Gasteiger partial charge on any atom is -0.493 e. The minimum absolute atomic E-state index is 0.169. The average Bonchev–Trinajstić information content (AvgIpc) is 2.54. The van der Waals surface area contributed by atoms with Crippen LogP contribution in [0.1, 0.15) is 18.1 Å². The normalized spacial score (nSPS) is 12.1. The first-order valence-electron chi connectivity index (χ1n) is 6.98. The van der Waals surface area contributed by atoms with Gasteiger partial charge in [0.2, 0.25) is 0 Å². The fraction of sp³-hybridized carbons (Fsp3) is 0.235. The molecule has 0 N–H and O–H groups in total. The summed E-state index contributed by atoms with van der Waals surface area (Å²) >= 11 is 0. The maximum absolute atomic E-state index is 12.4. The van der Waals surface area contributed by atoms with Gasteiger partial charge in [0.15, 0.2) is 11.5 Å². The molecule has 0 spiro atoms. The first-order chi connectivity index (χ1) is 10.9. The van der Waals surface area contributed by atoms with E-state index in [1.807, 2.05) is 6.92 Å². The predicted octanol–water partition coefficient (Wildman–Crippen LogP) is 3.21. The van der Waals surface area contributed by atoms with E-state index in [0.717, 1.165) is 5.56 Å². The molecule has 0 bridgehead atoms. The third-order valence-electron chi connectivity index (χ3n) is 3.38. The van der Waals surface area contributed by atoms with Crippen LogP contribution in [0, 0.1) is 6.92 Å². The number of ether oxygens (including phenoxy) is 2. The lowest BCUT2D eigenvalue weighted by Crippen LogP contribution is -2.04. The molecule has 5 nitrogen and oxygen atoms in total. The first kappa shape index (κ1) is 17.0. The zero-order valence-electron chi connectivity index (χ0n) is 13.5. The summed E-state index contributed by atoms with van der Waals surface area (Å²) in [6, 6.07) is 11.7. The van der Waals surface area contributed by atoms with E-state index in [4.69, 9.17) is 9.47 Å². The van der Waals surface area contributed by atoms with Crippen LogP contribution in [-0.4, -0.2) is 28.3 Å². The summed E-state index contributed by atoms with van der Waals surface area (Å²) in [5.41, 5.74) is 2.02. The second-order valence-corrected chi connectivity index (χ2v) is 6.64. The van der Waals surface area contributed by atoms with Crippen LogP contribution in [0.5, 0.6) is 11.5 Å². The maximum Gasteiger partial charge on any atom is 0.282 e. The fourth-order valence-electron chi connectivity index (χ4n) is 2.06. The molecular weight excluding hydrogens is 314 g/mol. The lowest BCUT2D eigenvalue weighted by atomic mass is 10.1. The zero-order chi connectivity index (χ0) is 17.0. The Hall–Kier alpha value is -2.34. The van der Waals surface area contributed by atoms with Gasteiger partial charge in [0.25, 0.3) is 10.0 Å². The largest absolute Gasteiger partial charge is 0.493 e. The van der Waals surface area contributed by atoms with Crippen molar-refractivity contribution in [3.63, 3.8) is 0 Å². The molecule has 0 aromatic heterocycles. The summed E-state index contributed by atoms with van der Waals surface area (Å²) < 4.78 is 39.0. The molecule has 0 aliphatic heterocycles. The Morgan fingerprint density at radius 1 is 0.957 bits per heavy atom. The summed E-state index contributed by atoms with van der Waals surface area (Å²) in [6.45, 7) is 3.54. The van der Waals surface area contributed by atoms with Crippen LogP contribution >= 0.6 is 0 Å². The monoisotopic (exact) mass is 333 g/mol. The second kappa shape index (κ2) is 6.83. The lowest BCUT2D eigenvalue weighted by Gasteiger charge is -2.09. The lowest BCUT2D eigenvalue weighted by molar-refractivity contribution is 0.355. The van der Waals surface area contributed by atoms with Crippen molar-refractivity contribution in [2.75, 3.05) is 14.2 Å². The van der Waals surface area contributed by atoms with Crippen LogP contribution < -0.4 is 9.47 Å². The highest BCUT2D eigenvalue weighted by Crippen LogP contribution is 2.28. The quantitative estimate of drug-likeness (QED) is 0.788. The van der Waals surface area contributed by atoms with Crippen molar-refractivity contribution in [2.24, 2.45) is 4.40 Å². The van der Waals surface area contributed by atoms with Gasteiger partial charge in [0, 0.05) is 5.56 Å². The molecule has 0 unspecified atom stereocenters. The SMILES string of the molecule is COc1ccc(/C(C)=N/S(=O)(=O)c2ccc(C)cc2)cc1OC. The Morgan fingerprint density at radius 2 is 1.57 bits per heavy atom. The number of hydrogen-bond acceptors (Lipinski definition) is 4. The van der Waals surface area contributed by atoms with E-state index in [1.165, 1.54) is 7.11 Å². The van der Waals surface area contributed by atoms with E-state index in [1.54, 1.807) is 56.5 Å². The summed E-state index contributed by atoms with van der Waals surface area (Å²) in [5, 5.41) is 0. The van der Waals surface area contributed by atoms with E-state index < -0.39 is 10.0 Å². The molecule has 2 rings (SSSR count). The average molecular weight is 333 g/mol. The molecule has 0 atom stereocenters. The fourth-order valence-corrected chi connectivity index (χ4v) is 3.11. The predicted molar refractivity (Wildman–Crippen MR) is 90.1 cm³/mol. The Labute approximate surface area is 136 Å². The van der Waals surface area contributed by atoms with E-state index in [0.29, 0.717) is 22.8 Å². The molecule has 122 valence electrons. The third-order valence-corrected chi connectivity index (χ3v) is 4.76. The smallest absolute Gasteiger partial charge is 0.282 e. The molecule has 23 heavy (non-hydrogen) atoms. The van der Waals surface area contributed by atoms with Gasteiger partial charge < -0.3 is 9.47 Å². The van der Waals surface area contributed by atoms with Gasteiger partial charge in [-0.05, 0) is 44.2 Å². The number of aryl methyl sites for hydroxylation is 1. The van der Waals surface area contributed by atoms with Crippen molar-refractivity contribution in [3.05, 3.63) is 53.6 Å². The molecule has 2 aromatic carbocycles. The van der Waals surface area contributed by atoms with Crippen LogP contribution in [0.25, 0.3) is 0 Å². The Kier molecular flexibility index (Phi) is 5.05. The van der Waals surface area contributed by atoms with Crippen molar-refractivity contribution >= 4 is 15.7 Å². The van der Waals surface area contributed by atoms with Gasteiger partial charge in [0.1, 0.15) is 0 Å². The zero-order valence-corrected chi connectivity index (χ0v) is 14.3. The number of nitrogens with zero attached hydrogens (tertiary/aromatic N) is 1. The van der Waals surface area contributed by atoms with Crippen molar-refractivity contribution in [2.45, 2.75) is 18.7 Å². The van der Waals surface area contributed by atoms with Crippen LogP contribution in [-0.2, 0) is 10.0 Å². The first-order valence-corrected chi connectivity index (χ1v) is 8.42. The van der Waals surface area contributed by atoms with E-state index in [2.05, 4.69) is 4.40 Å². The highest BCUT2D eigenvalue weighted by Gasteiger charge is 2.14. The van der Waals surface area contributed by atoms with Crippen molar-refractivity contribution in [1.29, 1.82) is 0 Å². The van der Waals surface area contributed by atoms with E-state index in [9.17, 15) is 8.42 Å². The molecule has 0 saturated carbocycles. The minimum atomic E-state index is -3.74. The number of benzene rings is 2. The summed E-state index contributed by atoms with van der Waals surface area (Å²) in [7, 11) is -0.677. The topological polar surface area (TPSA) is 65.0 Å². The number of methoxy groups -OCH3 is 2. The van der Waals surface area contributed by atoms with Crippen LogP contribution in [0.4, 0.5) is 0 Å². The van der Waals surface area contributed by atoms with E-state index in [-0.39, 0.29) is 4.90 Å². The van der Waals surface area contributed by atoms with Gasteiger partial charge >= 0.3 is 0 Å². The van der Waals surface area contributed by atoms with Crippen LogP contribution in [0.3, 0.4) is 0 Å². The number of sulfonamides is 1. The molecule has 0 fully saturated rings. The Balaban J connectivity index is 2.40. The van der Waals surface area contributed by atoms with Crippen LogP contribution in [0.2, 0.25) is 0 Å². The van der Waals surface area contributed by atoms with Crippen LogP contribution in [0.15, 0.2) is 51.8 Å². The molecule has 0 amide bonds. The molecule has 0 aliphatic carbocycles. The highest BCUT2D eigenvalue weighted by molar-refractivity contribution is 7.90. The molecule has 0 radical (unpaired) electrons. The second-order valence-electron chi connectivity index (χ2n) is 5.03. The molecule has 2 aromatic rings. The number of hydrogen-bond donors (Lipinski definition) is 0. The van der Waals surface area contributed by atoms with Gasteiger partial charge in [0.05, 0.1) is 24.8 Å². The van der Waals surface area contributed by atoms with Gasteiger partial charge in [-0.2, -0.15) is 12.8 Å². The highest BCUT2D eigenvalue weighted by atomic mass is 32.2. The maximum atomic E-state index is 12.4. The third kappa shape index (κ3) is 3.90. The van der Waals surface area contributed by atoms with Crippen molar-refractivity contribution in [1.82, 2.24) is 0 Å². The molecular formula is C17H19NO4S. The molecule has 0 saturated heterocycles. The Morgan fingerprint density at radius 3 is 2.13 bits per heavy atom. The Bertz CT molecular complexity index is 824.